The van der Waals surface area contributed by atoms with Crippen LogP contribution in [-0.2, 0) is 16.1 Å². The molecule has 2 aliphatic heterocycles. The minimum absolute atomic E-state index is 0.0726. The van der Waals surface area contributed by atoms with Gasteiger partial charge in [0.2, 0.25) is 5.91 Å². The van der Waals surface area contributed by atoms with E-state index in [1.807, 2.05) is 12.1 Å². The van der Waals surface area contributed by atoms with E-state index in [4.69, 9.17) is 4.74 Å². The summed E-state index contributed by atoms with van der Waals surface area (Å²) in [6.07, 6.45) is 0. The van der Waals surface area contributed by atoms with Crippen molar-refractivity contribution in [3.05, 3.63) is 69.3 Å². The number of benzene rings is 2. The van der Waals surface area contributed by atoms with Crippen LogP contribution in [0.25, 0.3) is 0 Å². The topological polar surface area (TPSA) is 122 Å². The highest BCUT2D eigenvalue weighted by atomic mass is 16.6. The summed E-state index contributed by atoms with van der Waals surface area (Å²) in [5.41, 5.74) is 0.671. The molecule has 0 aliphatic carbocycles. The number of amides is 3. The van der Waals surface area contributed by atoms with Crippen LogP contribution in [0.4, 0.5) is 11.4 Å². The van der Waals surface area contributed by atoms with E-state index < -0.39 is 34.4 Å². The Morgan fingerprint density at radius 2 is 1.84 bits per heavy atom. The molecule has 0 aromatic heterocycles. The number of nitro groups is 1. The van der Waals surface area contributed by atoms with E-state index in [1.165, 1.54) is 25.1 Å². The van der Waals surface area contributed by atoms with Gasteiger partial charge in [0.15, 0.2) is 0 Å². The van der Waals surface area contributed by atoms with E-state index in [0.29, 0.717) is 25.4 Å². The van der Waals surface area contributed by atoms with Crippen molar-refractivity contribution in [3.8, 4) is 0 Å². The van der Waals surface area contributed by atoms with Gasteiger partial charge in [-0.15, -0.1) is 0 Å². The first-order valence-electron chi connectivity index (χ1n) is 10.2. The normalized spacial score (nSPS) is 17.2. The highest BCUT2D eigenvalue weighted by Crippen LogP contribution is 2.32. The highest BCUT2D eigenvalue weighted by Gasteiger charge is 2.44. The van der Waals surface area contributed by atoms with E-state index in [-0.39, 0.29) is 11.1 Å². The number of carbonyl (C=O) groups is 3. The lowest BCUT2D eigenvalue weighted by molar-refractivity contribution is -0.385. The monoisotopic (exact) mass is 438 g/mol. The molecule has 1 atom stereocenters. The number of anilines is 1. The number of carbonyl (C=O) groups excluding carboxylic acids is 3. The summed E-state index contributed by atoms with van der Waals surface area (Å²) in [7, 11) is 0. The van der Waals surface area contributed by atoms with Crippen molar-refractivity contribution in [1.29, 1.82) is 0 Å². The lowest BCUT2D eigenvalue weighted by atomic mass is 10.1. The Morgan fingerprint density at radius 1 is 1.12 bits per heavy atom. The number of nitrogens with zero attached hydrogens (tertiary/aromatic N) is 3. The SMILES string of the molecule is CC(C(=O)Nc1ccccc1CN1CCOCC1)N1C(=O)c2cccc([N+](=O)[O-])c2C1=O. The zero-order valence-electron chi connectivity index (χ0n) is 17.4. The molecular formula is C22H22N4O6. The molecule has 1 fully saturated rings. The first-order chi connectivity index (χ1) is 15.4. The number of imide groups is 1. The first kappa shape index (κ1) is 21.6. The van der Waals surface area contributed by atoms with Gasteiger partial charge in [-0.2, -0.15) is 0 Å². The summed E-state index contributed by atoms with van der Waals surface area (Å²) in [5.74, 6) is -2.13. The second-order valence-electron chi connectivity index (χ2n) is 7.65. The van der Waals surface area contributed by atoms with E-state index in [9.17, 15) is 24.5 Å². The molecule has 10 heteroatoms. The summed E-state index contributed by atoms with van der Waals surface area (Å²) in [4.78, 5) is 52.2. The lowest BCUT2D eigenvalue weighted by Gasteiger charge is -2.28. The maximum absolute atomic E-state index is 13.0. The zero-order valence-corrected chi connectivity index (χ0v) is 17.4. The molecular weight excluding hydrogens is 416 g/mol. The molecule has 1 unspecified atom stereocenters. The van der Waals surface area contributed by atoms with Crippen LogP contribution in [0.1, 0.15) is 33.2 Å². The fourth-order valence-electron chi connectivity index (χ4n) is 3.92. The molecule has 10 nitrogen and oxygen atoms in total. The molecule has 2 heterocycles. The molecule has 0 saturated carbocycles. The van der Waals surface area contributed by atoms with Gasteiger partial charge < -0.3 is 10.1 Å². The first-order valence-corrected chi connectivity index (χ1v) is 10.2. The number of ether oxygens (including phenoxy) is 1. The molecule has 1 N–H and O–H groups in total. The van der Waals surface area contributed by atoms with Gasteiger partial charge in [0.1, 0.15) is 11.6 Å². The maximum Gasteiger partial charge on any atom is 0.282 e. The Labute approximate surface area is 183 Å². The number of morpholine rings is 1. The molecule has 0 radical (unpaired) electrons. The van der Waals surface area contributed by atoms with Crippen molar-refractivity contribution in [2.24, 2.45) is 0 Å². The molecule has 166 valence electrons. The van der Waals surface area contributed by atoms with Crippen LogP contribution in [-0.4, -0.2) is 64.8 Å². The lowest BCUT2D eigenvalue weighted by Crippen LogP contribution is -2.45. The number of hydrogen-bond donors (Lipinski definition) is 1. The number of nitrogens with one attached hydrogen (secondary N) is 1. The summed E-state index contributed by atoms with van der Waals surface area (Å²) in [5, 5.41) is 14.1. The molecule has 3 amide bonds. The van der Waals surface area contributed by atoms with Gasteiger partial charge in [-0.1, -0.05) is 24.3 Å². The van der Waals surface area contributed by atoms with Gasteiger partial charge in [0.05, 0.1) is 23.7 Å². The number of nitro benzene ring substituents is 1. The maximum atomic E-state index is 13.0. The minimum atomic E-state index is -1.15. The number of hydrogen-bond acceptors (Lipinski definition) is 7. The van der Waals surface area contributed by atoms with E-state index >= 15 is 0 Å². The van der Waals surface area contributed by atoms with Crippen LogP contribution in [0.15, 0.2) is 42.5 Å². The van der Waals surface area contributed by atoms with Gasteiger partial charge in [-0.25, -0.2) is 0 Å². The third-order valence-corrected chi connectivity index (χ3v) is 5.66. The average Bonchev–Trinajstić information content (AvgIpc) is 3.05. The van der Waals surface area contributed by atoms with Gasteiger partial charge >= 0.3 is 0 Å². The van der Waals surface area contributed by atoms with Crippen molar-refractivity contribution < 1.29 is 24.0 Å². The van der Waals surface area contributed by atoms with Crippen LogP contribution < -0.4 is 5.32 Å². The van der Waals surface area contributed by atoms with Gasteiger partial charge in [0, 0.05) is 31.4 Å². The van der Waals surface area contributed by atoms with Gasteiger partial charge in [0.25, 0.3) is 17.5 Å². The summed E-state index contributed by atoms with van der Waals surface area (Å²) in [6.45, 7) is 4.91. The molecule has 2 aromatic carbocycles. The second-order valence-corrected chi connectivity index (χ2v) is 7.65. The fraction of sp³-hybridized carbons (Fsp3) is 0.318. The summed E-state index contributed by atoms with van der Waals surface area (Å²) >= 11 is 0. The van der Waals surface area contributed by atoms with Crippen LogP contribution in [0.3, 0.4) is 0 Å². The van der Waals surface area contributed by atoms with Gasteiger partial charge in [-0.3, -0.25) is 34.3 Å². The van der Waals surface area contributed by atoms with E-state index in [2.05, 4.69) is 10.2 Å². The summed E-state index contributed by atoms with van der Waals surface area (Å²) < 4.78 is 5.37. The Kier molecular flexibility index (Phi) is 5.97. The molecule has 4 rings (SSSR count). The number of fused-ring (bicyclic) bond motifs is 1. The van der Waals surface area contributed by atoms with Crippen molar-refractivity contribution in [2.45, 2.75) is 19.5 Å². The molecule has 2 aromatic rings. The minimum Gasteiger partial charge on any atom is -0.379 e. The fourth-order valence-corrected chi connectivity index (χ4v) is 3.92. The smallest absolute Gasteiger partial charge is 0.282 e. The van der Waals surface area contributed by atoms with Crippen molar-refractivity contribution >= 4 is 29.1 Å². The molecule has 2 aliphatic rings. The quantitative estimate of drug-likeness (QED) is 0.416. The van der Waals surface area contributed by atoms with Crippen molar-refractivity contribution in [1.82, 2.24) is 9.80 Å². The van der Waals surface area contributed by atoms with Crippen LogP contribution in [0.5, 0.6) is 0 Å². The van der Waals surface area contributed by atoms with E-state index in [0.717, 1.165) is 23.6 Å². The largest absolute Gasteiger partial charge is 0.379 e. The van der Waals surface area contributed by atoms with Crippen LogP contribution in [0.2, 0.25) is 0 Å². The molecule has 1 saturated heterocycles. The Morgan fingerprint density at radius 3 is 2.56 bits per heavy atom. The van der Waals surface area contributed by atoms with Gasteiger partial charge in [-0.05, 0) is 24.6 Å². The number of para-hydroxylation sites is 1. The zero-order chi connectivity index (χ0) is 22.8. The Hall–Kier alpha value is -3.63. The highest BCUT2D eigenvalue weighted by molar-refractivity contribution is 6.24. The Balaban J connectivity index is 1.53. The van der Waals surface area contributed by atoms with Crippen molar-refractivity contribution in [2.75, 3.05) is 31.6 Å². The second kappa shape index (κ2) is 8.85. The van der Waals surface area contributed by atoms with Crippen LogP contribution >= 0.6 is 0 Å². The molecule has 32 heavy (non-hydrogen) atoms. The third-order valence-electron chi connectivity index (χ3n) is 5.66. The third kappa shape index (κ3) is 3.97. The summed E-state index contributed by atoms with van der Waals surface area (Å²) in [6, 6.07) is 10.0. The van der Waals surface area contributed by atoms with Crippen molar-refractivity contribution in [3.63, 3.8) is 0 Å². The predicted molar refractivity (Wildman–Crippen MR) is 114 cm³/mol. The number of rotatable bonds is 6. The van der Waals surface area contributed by atoms with E-state index in [1.54, 1.807) is 12.1 Å². The predicted octanol–water partition coefficient (Wildman–Crippen LogP) is 2.05. The molecule has 0 bridgehead atoms. The average molecular weight is 438 g/mol. The van der Waals surface area contributed by atoms with Crippen LogP contribution in [0, 0.1) is 10.1 Å². The molecule has 0 spiro atoms. The Bertz CT molecular complexity index is 1100. The standard InChI is InChI=1S/C22H22N4O6/c1-14(25-21(28)16-6-4-8-18(26(30)31)19(16)22(25)29)20(27)23-17-7-3-2-5-15(17)13-24-9-11-32-12-10-24/h2-8,14H,9-13H2,1H3,(H,23,27).